The van der Waals surface area contributed by atoms with Gasteiger partial charge in [0.15, 0.2) is 0 Å². The molecule has 0 spiro atoms. The van der Waals surface area contributed by atoms with E-state index in [0.29, 0.717) is 24.2 Å². The molecule has 134 valence electrons. The number of benzene rings is 1. The molecule has 1 aliphatic heterocycles. The summed E-state index contributed by atoms with van der Waals surface area (Å²) in [4.78, 5) is 27.8. The third-order valence-electron chi connectivity index (χ3n) is 4.53. The Hall–Kier alpha value is -3.09. The van der Waals surface area contributed by atoms with Gasteiger partial charge in [-0.05, 0) is 26.0 Å². The molecule has 4 rings (SSSR count). The van der Waals surface area contributed by atoms with Crippen LogP contribution in [0.2, 0.25) is 0 Å². The number of amides is 2. The van der Waals surface area contributed by atoms with Gasteiger partial charge in [-0.25, -0.2) is 0 Å². The number of rotatable bonds is 4. The molecular formula is C19H21N5O2. The maximum atomic E-state index is 12.6. The van der Waals surface area contributed by atoms with E-state index in [1.807, 2.05) is 38.1 Å². The van der Waals surface area contributed by atoms with Crippen molar-refractivity contribution in [2.45, 2.75) is 38.9 Å². The van der Waals surface area contributed by atoms with Gasteiger partial charge in [-0.2, -0.15) is 5.10 Å². The Morgan fingerprint density at radius 1 is 1.27 bits per heavy atom. The minimum atomic E-state index is -0.165. The van der Waals surface area contributed by atoms with Gasteiger partial charge in [0, 0.05) is 35.3 Å². The minimum absolute atomic E-state index is 0.0270. The van der Waals surface area contributed by atoms with E-state index >= 15 is 0 Å². The first-order valence-corrected chi connectivity index (χ1v) is 8.76. The van der Waals surface area contributed by atoms with Crippen LogP contribution in [-0.4, -0.2) is 38.7 Å². The fourth-order valence-corrected chi connectivity index (χ4v) is 3.37. The summed E-state index contributed by atoms with van der Waals surface area (Å²) in [5, 5.41) is 11.2. The zero-order chi connectivity index (χ0) is 18.3. The molecule has 26 heavy (non-hydrogen) atoms. The largest absolute Gasteiger partial charge is 0.360 e. The fourth-order valence-electron chi connectivity index (χ4n) is 3.37. The summed E-state index contributed by atoms with van der Waals surface area (Å²) in [6, 6.07) is 9.57. The standard InChI is InChI=1S/C19H21N5O2/c1-11(2)21-19(26)17-8-13-7-12(10-24(13)23-17)22-18(25)15-9-20-16-6-4-3-5-14(15)16/h3-6,8-9,11-12,20H,7,10H2,1-2H3,(H,21,26)(H,22,25). The molecule has 1 aromatic carbocycles. The van der Waals surface area contributed by atoms with Crippen molar-refractivity contribution in [2.75, 3.05) is 0 Å². The number of carbonyl (C=O) groups excluding carboxylic acids is 2. The van der Waals surface area contributed by atoms with E-state index in [2.05, 4.69) is 20.7 Å². The van der Waals surface area contributed by atoms with Gasteiger partial charge < -0.3 is 15.6 Å². The van der Waals surface area contributed by atoms with Crippen molar-refractivity contribution >= 4 is 22.7 Å². The maximum Gasteiger partial charge on any atom is 0.271 e. The fraction of sp³-hybridized carbons (Fsp3) is 0.316. The quantitative estimate of drug-likeness (QED) is 0.670. The number of aromatic amines is 1. The summed E-state index contributed by atoms with van der Waals surface area (Å²) in [6.07, 6.45) is 2.40. The molecule has 1 atom stereocenters. The average Bonchev–Trinajstić information content (AvgIpc) is 3.26. The lowest BCUT2D eigenvalue weighted by Crippen LogP contribution is -2.36. The first kappa shape index (κ1) is 16.4. The number of aromatic nitrogens is 3. The first-order chi connectivity index (χ1) is 12.5. The molecule has 2 amide bonds. The van der Waals surface area contributed by atoms with Gasteiger partial charge in [0.25, 0.3) is 11.8 Å². The smallest absolute Gasteiger partial charge is 0.271 e. The second-order valence-corrected chi connectivity index (χ2v) is 6.95. The van der Waals surface area contributed by atoms with Gasteiger partial charge in [0.1, 0.15) is 5.69 Å². The summed E-state index contributed by atoms with van der Waals surface area (Å²) in [5.74, 6) is -0.266. The van der Waals surface area contributed by atoms with E-state index in [1.54, 1.807) is 16.9 Å². The molecule has 7 heteroatoms. The monoisotopic (exact) mass is 351 g/mol. The lowest BCUT2D eigenvalue weighted by molar-refractivity contribution is 0.0924. The number of fused-ring (bicyclic) bond motifs is 2. The van der Waals surface area contributed by atoms with Gasteiger partial charge in [0.2, 0.25) is 0 Å². The third kappa shape index (κ3) is 2.96. The molecule has 3 aromatic rings. The molecule has 2 aromatic heterocycles. The predicted molar refractivity (Wildman–Crippen MR) is 98.1 cm³/mol. The average molecular weight is 351 g/mol. The lowest BCUT2D eigenvalue weighted by Gasteiger charge is -2.11. The van der Waals surface area contributed by atoms with Crippen molar-refractivity contribution in [1.29, 1.82) is 0 Å². The van der Waals surface area contributed by atoms with Gasteiger partial charge in [-0.1, -0.05) is 18.2 Å². The number of hydrogen-bond acceptors (Lipinski definition) is 3. The molecule has 0 fully saturated rings. The molecule has 0 aliphatic carbocycles. The summed E-state index contributed by atoms with van der Waals surface area (Å²) >= 11 is 0. The number of para-hydroxylation sites is 1. The van der Waals surface area contributed by atoms with Gasteiger partial charge >= 0.3 is 0 Å². The summed E-state index contributed by atoms with van der Waals surface area (Å²) in [7, 11) is 0. The Morgan fingerprint density at radius 2 is 2.08 bits per heavy atom. The topological polar surface area (TPSA) is 91.8 Å². The molecule has 1 aliphatic rings. The molecule has 3 heterocycles. The second-order valence-electron chi connectivity index (χ2n) is 6.95. The SMILES string of the molecule is CC(C)NC(=O)c1cc2n(n1)CC(NC(=O)c1c[nH]c3ccccc13)C2. The normalized spacial score (nSPS) is 16.0. The number of carbonyl (C=O) groups is 2. The Labute approximate surface area is 150 Å². The molecular weight excluding hydrogens is 330 g/mol. The molecule has 3 N–H and O–H groups in total. The molecule has 0 saturated carbocycles. The lowest BCUT2D eigenvalue weighted by atomic mass is 10.1. The molecule has 0 saturated heterocycles. The highest BCUT2D eigenvalue weighted by atomic mass is 16.2. The third-order valence-corrected chi connectivity index (χ3v) is 4.53. The number of hydrogen-bond donors (Lipinski definition) is 3. The van der Waals surface area contributed by atoms with Crippen molar-refractivity contribution < 1.29 is 9.59 Å². The van der Waals surface area contributed by atoms with Crippen LogP contribution in [0, 0.1) is 0 Å². The van der Waals surface area contributed by atoms with Crippen LogP contribution in [0.4, 0.5) is 0 Å². The first-order valence-electron chi connectivity index (χ1n) is 8.76. The predicted octanol–water partition coefficient (Wildman–Crippen LogP) is 1.86. The van der Waals surface area contributed by atoms with E-state index < -0.39 is 0 Å². The van der Waals surface area contributed by atoms with E-state index in [0.717, 1.165) is 16.6 Å². The second kappa shape index (κ2) is 6.33. The number of nitrogens with zero attached hydrogens (tertiary/aromatic N) is 2. The van der Waals surface area contributed by atoms with E-state index in [1.165, 1.54) is 0 Å². The Kier molecular flexibility index (Phi) is 3.99. The Morgan fingerprint density at radius 3 is 2.85 bits per heavy atom. The highest BCUT2D eigenvalue weighted by Gasteiger charge is 2.27. The Balaban J connectivity index is 1.43. The van der Waals surface area contributed by atoms with Crippen molar-refractivity contribution in [3.63, 3.8) is 0 Å². The highest BCUT2D eigenvalue weighted by molar-refractivity contribution is 6.06. The van der Waals surface area contributed by atoms with Gasteiger partial charge in [-0.3, -0.25) is 14.3 Å². The summed E-state index contributed by atoms with van der Waals surface area (Å²) in [5.41, 5.74) is 2.97. The zero-order valence-electron chi connectivity index (χ0n) is 14.7. The van der Waals surface area contributed by atoms with Crippen LogP contribution in [0.1, 0.15) is 40.4 Å². The summed E-state index contributed by atoms with van der Waals surface area (Å²) < 4.78 is 1.80. The molecule has 7 nitrogen and oxygen atoms in total. The van der Waals surface area contributed by atoms with Crippen LogP contribution >= 0.6 is 0 Å². The van der Waals surface area contributed by atoms with Crippen molar-refractivity contribution in [1.82, 2.24) is 25.4 Å². The number of H-pyrrole nitrogens is 1. The van der Waals surface area contributed by atoms with Crippen molar-refractivity contribution in [3.05, 3.63) is 53.5 Å². The van der Waals surface area contributed by atoms with E-state index in [-0.39, 0.29) is 23.9 Å². The van der Waals surface area contributed by atoms with Crippen LogP contribution < -0.4 is 10.6 Å². The maximum absolute atomic E-state index is 12.6. The Bertz CT molecular complexity index is 961. The van der Waals surface area contributed by atoms with Crippen LogP contribution in [0.5, 0.6) is 0 Å². The minimum Gasteiger partial charge on any atom is -0.360 e. The number of nitrogens with one attached hydrogen (secondary N) is 3. The van der Waals surface area contributed by atoms with Crippen LogP contribution in [0.25, 0.3) is 10.9 Å². The summed E-state index contributed by atoms with van der Waals surface area (Å²) in [6.45, 7) is 4.40. The van der Waals surface area contributed by atoms with Crippen molar-refractivity contribution in [3.8, 4) is 0 Å². The van der Waals surface area contributed by atoms with E-state index in [9.17, 15) is 9.59 Å². The zero-order valence-corrected chi connectivity index (χ0v) is 14.7. The molecule has 0 radical (unpaired) electrons. The van der Waals surface area contributed by atoms with Crippen LogP contribution in [0.3, 0.4) is 0 Å². The van der Waals surface area contributed by atoms with Crippen LogP contribution in [-0.2, 0) is 13.0 Å². The van der Waals surface area contributed by atoms with Gasteiger partial charge in [0.05, 0.1) is 18.2 Å². The van der Waals surface area contributed by atoms with Crippen molar-refractivity contribution in [2.24, 2.45) is 0 Å². The molecule has 1 unspecified atom stereocenters. The highest BCUT2D eigenvalue weighted by Crippen LogP contribution is 2.20. The van der Waals surface area contributed by atoms with Gasteiger partial charge in [-0.15, -0.1) is 0 Å². The van der Waals surface area contributed by atoms with E-state index in [4.69, 9.17) is 0 Å². The van der Waals surface area contributed by atoms with Crippen LogP contribution in [0.15, 0.2) is 36.5 Å². The molecule has 0 bridgehead atoms.